The Balaban J connectivity index is 1.34. The number of aryl methyl sites for hydroxylation is 2. The highest BCUT2D eigenvalue weighted by atomic mass is 32.1. The molecule has 0 spiro atoms. The van der Waals surface area contributed by atoms with Crippen LogP contribution in [0, 0.1) is 6.92 Å². The summed E-state index contributed by atoms with van der Waals surface area (Å²) in [6, 6.07) is 13.9. The van der Waals surface area contributed by atoms with E-state index in [-0.39, 0.29) is 12.3 Å². The maximum absolute atomic E-state index is 12.3. The molecular weight excluding hydrogens is 374 g/mol. The first-order valence-electron chi connectivity index (χ1n) is 8.91. The van der Waals surface area contributed by atoms with Gasteiger partial charge in [0.15, 0.2) is 0 Å². The highest BCUT2D eigenvalue weighted by Gasteiger charge is 2.13. The molecule has 0 saturated heterocycles. The fourth-order valence-corrected chi connectivity index (χ4v) is 3.49. The van der Waals surface area contributed by atoms with E-state index in [1.165, 1.54) is 5.56 Å². The summed E-state index contributed by atoms with van der Waals surface area (Å²) in [5, 5.41) is 13.1. The maximum atomic E-state index is 12.3. The van der Waals surface area contributed by atoms with E-state index in [2.05, 4.69) is 39.6 Å². The Morgan fingerprint density at radius 3 is 3.00 bits per heavy atom. The zero-order chi connectivity index (χ0) is 19.3. The molecule has 1 amide bonds. The number of hydrogen-bond donors (Lipinski definition) is 1. The van der Waals surface area contributed by atoms with Crippen molar-refractivity contribution in [2.45, 2.75) is 26.3 Å². The van der Waals surface area contributed by atoms with Gasteiger partial charge in [-0.05, 0) is 23.9 Å². The summed E-state index contributed by atoms with van der Waals surface area (Å²) in [5.74, 6) is 1.55. The van der Waals surface area contributed by atoms with Gasteiger partial charge in [-0.15, -0.1) is 11.3 Å². The molecule has 4 rings (SSSR count). The summed E-state index contributed by atoms with van der Waals surface area (Å²) < 4.78 is 7.01. The van der Waals surface area contributed by atoms with Gasteiger partial charge in [0, 0.05) is 18.9 Å². The van der Waals surface area contributed by atoms with Gasteiger partial charge >= 0.3 is 0 Å². The normalized spacial score (nSPS) is 10.9. The van der Waals surface area contributed by atoms with Crippen molar-refractivity contribution in [1.82, 2.24) is 19.9 Å². The fraction of sp³-hybridized carbons (Fsp3) is 0.200. The number of amides is 1. The second-order valence-corrected chi connectivity index (χ2v) is 7.35. The van der Waals surface area contributed by atoms with E-state index in [0.717, 1.165) is 10.4 Å². The first kappa shape index (κ1) is 18.1. The predicted octanol–water partition coefficient (Wildman–Crippen LogP) is 3.92. The van der Waals surface area contributed by atoms with Crippen molar-refractivity contribution in [3.8, 4) is 10.7 Å². The molecule has 8 heteroatoms. The predicted molar refractivity (Wildman–Crippen MR) is 107 cm³/mol. The average molecular weight is 393 g/mol. The molecule has 3 aromatic heterocycles. The Morgan fingerprint density at radius 1 is 1.25 bits per heavy atom. The smallest absolute Gasteiger partial charge is 0.227 e. The molecule has 4 aromatic rings. The minimum atomic E-state index is -0.123. The molecule has 0 fully saturated rings. The molecule has 0 radical (unpaired) electrons. The Hall–Kier alpha value is -3.26. The van der Waals surface area contributed by atoms with Crippen LogP contribution in [0.1, 0.15) is 23.4 Å². The van der Waals surface area contributed by atoms with Gasteiger partial charge < -0.3 is 9.84 Å². The number of nitrogens with zero attached hydrogens (tertiary/aromatic N) is 4. The summed E-state index contributed by atoms with van der Waals surface area (Å²) in [5.41, 5.74) is 2.32. The summed E-state index contributed by atoms with van der Waals surface area (Å²) in [7, 11) is 0. The lowest BCUT2D eigenvalue weighted by Gasteiger charge is -2.09. The molecule has 7 nitrogen and oxygen atoms in total. The first-order valence-corrected chi connectivity index (χ1v) is 9.79. The summed E-state index contributed by atoms with van der Waals surface area (Å²) in [6.45, 7) is 2.65. The van der Waals surface area contributed by atoms with Gasteiger partial charge in [0.25, 0.3) is 0 Å². The highest BCUT2D eigenvalue weighted by Crippen LogP contribution is 2.21. The number of hydrogen-bond acceptors (Lipinski definition) is 6. The van der Waals surface area contributed by atoms with E-state index in [1.807, 2.05) is 29.6 Å². The Morgan fingerprint density at radius 2 is 2.18 bits per heavy atom. The van der Waals surface area contributed by atoms with E-state index in [4.69, 9.17) is 4.52 Å². The van der Waals surface area contributed by atoms with Crippen LogP contribution >= 0.6 is 11.3 Å². The quantitative estimate of drug-likeness (QED) is 0.514. The zero-order valence-corrected chi connectivity index (χ0v) is 16.1. The van der Waals surface area contributed by atoms with Crippen LogP contribution in [0.3, 0.4) is 0 Å². The number of thiophene rings is 1. The number of carbonyl (C=O) groups excluding carboxylic acids is 1. The lowest BCUT2D eigenvalue weighted by atomic mass is 10.1. The number of nitrogens with one attached hydrogen (secondary N) is 1. The molecule has 3 heterocycles. The van der Waals surface area contributed by atoms with Crippen LogP contribution in [-0.2, 0) is 17.8 Å². The molecule has 0 atom stereocenters. The molecule has 1 N–H and O–H groups in total. The number of benzene rings is 1. The van der Waals surface area contributed by atoms with Gasteiger partial charge in [0.1, 0.15) is 5.82 Å². The minimum Gasteiger partial charge on any atom is -0.339 e. The number of carbonyl (C=O) groups is 1. The van der Waals surface area contributed by atoms with Crippen LogP contribution in [0.5, 0.6) is 0 Å². The average Bonchev–Trinajstić information content (AvgIpc) is 3.42. The molecule has 0 aliphatic carbocycles. The van der Waals surface area contributed by atoms with Crippen LogP contribution < -0.4 is 5.32 Å². The standard InChI is InChI=1S/C20H19N5O2S/c1-14-4-2-5-15(12-14)13-25-17(9-10-21-25)22-18(26)7-8-19-23-20(24-27-19)16-6-3-11-28-16/h2-6,9-12H,7-8,13H2,1H3,(H,22,26). The third kappa shape index (κ3) is 4.34. The zero-order valence-electron chi connectivity index (χ0n) is 15.3. The van der Waals surface area contributed by atoms with Crippen molar-refractivity contribution < 1.29 is 9.32 Å². The first-order chi connectivity index (χ1) is 13.7. The Labute approximate surface area is 166 Å². The summed E-state index contributed by atoms with van der Waals surface area (Å²) >= 11 is 1.55. The molecule has 0 bridgehead atoms. The van der Waals surface area contributed by atoms with Gasteiger partial charge in [-0.3, -0.25) is 4.79 Å². The second-order valence-electron chi connectivity index (χ2n) is 6.40. The summed E-state index contributed by atoms with van der Waals surface area (Å²) in [6.07, 6.45) is 2.31. The second kappa shape index (κ2) is 8.18. The molecule has 28 heavy (non-hydrogen) atoms. The lowest BCUT2D eigenvalue weighted by Crippen LogP contribution is -2.16. The highest BCUT2D eigenvalue weighted by molar-refractivity contribution is 7.13. The van der Waals surface area contributed by atoms with Crippen molar-refractivity contribution in [1.29, 1.82) is 0 Å². The van der Waals surface area contributed by atoms with Gasteiger partial charge in [0.05, 0.1) is 17.6 Å². The number of aromatic nitrogens is 4. The third-order valence-electron chi connectivity index (χ3n) is 4.17. The topological polar surface area (TPSA) is 85.8 Å². The van der Waals surface area contributed by atoms with Crippen LogP contribution in [0.25, 0.3) is 10.7 Å². The molecule has 0 aliphatic heterocycles. The Kier molecular flexibility index (Phi) is 5.29. The SMILES string of the molecule is Cc1cccc(Cn2nccc2NC(=O)CCc2nc(-c3cccs3)no2)c1. The molecule has 0 aliphatic rings. The Bertz CT molecular complexity index is 1070. The van der Waals surface area contributed by atoms with E-state index in [9.17, 15) is 4.79 Å². The van der Waals surface area contributed by atoms with E-state index in [0.29, 0.717) is 30.5 Å². The lowest BCUT2D eigenvalue weighted by molar-refractivity contribution is -0.116. The van der Waals surface area contributed by atoms with E-state index in [1.54, 1.807) is 28.3 Å². The number of rotatable bonds is 7. The van der Waals surface area contributed by atoms with Crippen molar-refractivity contribution in [2.75, 3.05) is 5.32 Å². The van der Waals surface area contributed by atoms with Crippen LogP contribution in [-0.4, -0.2) is 25.8 Å². The van der Waals surface area contributed by atoms with Crippen LogP contribution in [0.2, 0.25) is 0 Å². The maximum Gasteiger partial charge on any atom is 0.227 e. The molecular formula is C20H19N5O2S. The van der Waals surface area contributed by atoms with Gasteiger partial charge in [-0.1, -0.05) is 41.1 Å². The summed E-state index contributed by atoms with van der Waals surface area (Å²) in [4.78, 5) is 17.6. The molecule has 0 unspecified atom stereocenters. The number of anilines is 1. The van der Waals surface area contributed by atoms with Crippen molar-refractivity contribution in [3.63, 3.8) is 0 Å². The minimum absolute atomic E-state index is 0.123. The van der Waals surface area contributed by atoms with Crippen LogP contribution in [0.15, 0.2) is 58.6 Å². The van der Waals surface area contributed by atoms with Crippen molar-refractivity contribution >= 4 is 23.1 Å². The van der Waals surface area contributed by atoms with Gasteiger partial charge in [-0.2, -0.15) is 10.1 Å². The largest absolute Gasteiger partial charge is 0.339 e. The monoisotopic (exact) mass is 393 g/mol. The van der Waals surface area contributed by atoms with Crippen molar-refractivity contribution in [3.05, 3.63) is 71.1 Å². The fourth-order valence-electron chi connectivity index (χ4n) is 2.84. The van der Waals surface area contributed by atoms with Crippen LogP contribution in [0.4, 0.5) is 5.82 Å². The van der Waals surface area contributed by atoms with Crippen molar-refractivity contribution in [2.24, 2.45) is 0 Å². The molecule has 0 saturated carbocycles. The molecule has 1 aromatic carbocycles. The third-order valence-corrected chi connectivity index (χ3v) is 5.04. The van der Waals surface area contributed by atoms with E-state index >= 15 is 0 Å². The molecule has 142 valence electrons. The van der Waals surface area contributed by atoms with Gasteiger partial charge in [-0.25, -0.2) is 4.68 Å². The van der Waals surface area contributed by atoms with Gasteiger partial charge in [0.2, 0.25) is 17.6 Å². The van der Waals surface area contributed by atoms with E-state index < -0.39 is 0 Å².